The summed E-state index contributed by atoms with van der Waals surface area (Å²) >= 11 is 0. The summed E-state index contributed by atoms with van der Waals surface area (Å²) < 4.78 is 5.86. The van der Waals surface area contributed by atoms with Gasteiger partial charge >= 0.3 is 0 Å². The van der Waals surface area contributed by atoms with Crippen LogP contribution in [0.4, 0.5) is 0 Å². The molecule has 1 aliphatic rings. The average Bonchev–Trinajstić information content (AvgIpc) is 2.71. The standard InChI is InChI=1S/C12H17NO.ClH/c13-9-10-4-3-7-12(8-10)14-11-5-1-2-6-11;/h3-4,7-8,11H,1-2,5-6,9,13H2;1H. The molecule has 0 saturated heterocycles. The predicted octanol–water partition coefficient (Wildman–Crippen LogP) is 2.89. The quantitative estimate of drug-likeness (QED) is 0.862. The first kappa shape index (κ1) is 12.3. The lowest BCUT2D eigenvalue weighted by molar-refractivity contribution is 0.210. The van der Waals surface area contributed by atoms with Gasteiger partial charge in [-0.2, -0.15) is 0 Å². The molecule has 3 heteroatoms. The number of nitrogens with two attached hydrogens (primary N) is 1. The number of halogens is 1. The van der Waals surface area contributed by atoms with Gasteiger partial charge < -0.3 is 10.5 Å². The Morgan fingerprint density at radius 2 is 2.00 bits per heavy atom. The molecular weight excluding hydrogens is 210 g/mol. The van der Waals surface area contributed by atoms with Crippen molar-refractivity contribution < 1.29 is 4.74 Å². The van der Waals surface area contributed by atoms with Crippen molar-refractivity contribution >= 4 is 12.4 Å². The molecule has 0 aliphatic heterocycles. The lowest BCUT2D eigenvalue weighted by atomic mass is 10.2. The number of ether oxygens (including phenoxy) is 1. The van der Waals surface area contributed by atoms with E-state index in [4.69, 9.17) is 10.5 Å². The fourth-order valence-corrected chi connectivity index (χ4v) is 1.94. The monoisotopic (exact) mass is 227 g/mol. The zero-order valence-corrected chi connectivity index (χ0v) is 9.63. The molecule has 1 aliphatic carbocycles. The highest BCUT2D eigenvalue weighted by atomic mass is 35.5. The Balaban J connectivity index is 0.00000112. The Morgan fingerprint density at radius 3 is 2.67 bits per heavy atom. The van der Waals surface area contributed by atoms with E-state index in [0.717, 1.165) is 11.3 Å². The Kier molecular flexibility index (Phi) is 4.92. The molecule has 0 aromatic heterocycles. The SMILES string of the molecule is Cl.NCc1cccc(OC2CCCC2)c1. The summed E-state index contributed by atoms with van der Waals surface area (Å²) in [4.78, 5) is 0. The molecule has 0 unspecified atom stereocenters. The molecule has 0 atom stereocenters. The van der Waals surface area contributed by atoms with E-state index >= 15 is 0 Å². The van der Waals surface area contributed by atoms with Crippen LogP contribution in [0.2, 0.25) is 0 Å². The zero-order valence-electron chi connectivity index (χ0n) is 8.82. The van der Waals surface area contributed by atoms with Crippen LogP contribution in [0.15, 0.2) is 24.3 Å². The topological polar surface area (TPSA) is 35.2 Å². The van der Waals surface area contributed by atoms with Crippen LogP contribution in [0.5, 0.6) is 5.75 Å². The van der Waals surface area contributed by atoms with Crippen molar-refractivity contribution in [1.29, 1.82) is 0 Å². The molecular formula is C12H18ClNO. The molecule has 0 radical (unpaired) electrons. The highest BCUT2D eigenvalue weighted by Gasteiger charge is 2.16. The van der Waals surface area contributed by atoms with E-state index in [0.29, 0.717) is 12.6 Å². The Bertz CT molecular complexity index is 297. The maximum atomic E-state index is 5.86. The van der Waals surface area contributed by atoms with Crippen LogP contribution in [0.1, 0.15) is 31.2 Å². The Morgan fingerprint density at radius 1 is 1.27 bits per heavy atom. The molecule has 1 aromatic carbocycles. The maximum Gasteiger partial charge on any atom is 0.120 e. The van der Waals surface area contributed by atoms with Gasteiger partial charge in [-0.1, -0.05) is 12.1 Å². The van der Waals surface area contributed by atoms with Crippen molar-refractivity contribution in [3.63, 3.8) is 0 Å². The number of rotatable bonds is 3. The van der Waals surface area contributed by atoms with Crippen LogP contribution in [-0.2, 0) is 6.54 Å². The zero-order chi connectivity index (χ0) is 9.80. The van der Waals surface area contributed by atoms with Crippen LogP contribution in [0, 0.1) is 0 Å². The van der Waals surface area contributed by atoms with Gasteiger partial charge in [-0.15, -0.1) is 12.4 Å². The third kappa shape index (κ3) is 3.40. The van der Waals surface area contributed by atoms with Crippen molar-refractivity contribution in [3.05, 3.63) is 29.8 Å². The van der Waals surface area contributed by atoms with Gasteiger partial charge in [0.15, 0.2) is 0 Å². The van der Waals surface area contributed by atoms with E-state index in [9.17, 15) is 0 Å². The van der Waals surface area contributed by atoms with Crippen molar-refractivity contribution in [2.24, 2.45) is 5.73 Å². The third-order valence-electron chi connectivity index (χ3n) is 2.74. The Hall–Kier alpha value is -0.730. The first-order chi connectivity index (χ1) is 6.88. The van der Waals surface area contributed by atoms with Crippen molar-refractivity contribution in [2.75, 3.05) is 0 Å². The summed E-state index contributed by atoms with van der Waals surface area (Å²) in [5, 5.41) is 0. The predicted molar refractivity (Wildman–Crippen MR) is 64.5 cm³/mol. The summed E-state index contributed by atoms with van der Waals surface area (Å²) in [6.45, 7) is 0.585. The van der Waals surface area contributed by atoms with Crippen molar-refractivity contribution in [1.82, 2.24) is 0 Å². The van der Waals surface area contributed by atoms with Crippen LogP contribution < -0.4 is 10.5 Å². The highest BCUT2D eigenvalue weighted by molar-refractivity contribution is 5.85. The van der Waals surface area contributed by atoms with E-state index in [1.807, 2.05) is 24.3 Å². The van der Waals surface area contributed by atoms with E-state index in [1.165, 1.54) is 25.7 Å². The minimum absolute atomic E-state index is 0. The molecule has 2 nitrogen and oxygen atoms in total. The molecule has 0 spiro atoms. The van der Waals surface area contributed by atoms with Gasteiger partial charge in [0.1, 0.15) is 5.75 Å². The molecule has 0 bridgehead atoms. The number of hydrogen-bond donors (Lipinski definition) is 1. The Labute approximate surface area is 97.2 Å². The fourth-order valence-electron chi connectivity index (χ4n) is 1.94. The minimum Gasteiger partial charge on any atom is -0.490 e. The molecule has 2 N–H and O–H groups in total. The van der Waals surface area contributed by atoms with E-state index < -0.39 is 0 Å². The highest BCUT2D eigenvalue weighted by Crippen LogP contribution is 2.24. The lowest BCUT2D eigenvalue weighted by Crippen LogP contribution is -2.11. The second kappa shape index (κ2) is 5.99. The van der Waals surface area contributed by atoms with Crippen molar-refractivity contribution in [2.45, 2.75) is 38.3 Å². The minimum atomic E-state index is 0. The van der Waals surface area contributed by atoms with Gasteiger partial charge in [0, 0.05) is 6.54 Å². The second-order valence-corrected chi connectivity index (χ2v) is 3.88. The van der Waals surface area contributed by atoms with Crippen LogP contribution in [0.3, 0.4) is 0 Å². The van der Waals surface area contributed by atoms with E-state index in [1.54, 1.807) is 0 Å². The molecule has 2 rings (SSSR count). The normalized spacial score (nSPS) is 16.1. The molecule has 1 saturated carbocycles. The smallest absolute Gasteiger partial charge is 0.120 e. The summed E-state index contributed by atoms with van der Waals surface area (Å²) in [6, 6.07) is 8.09. The molecule has 15 heavy (non-hydrogen) atoms. The van der Waals surface area contributed by atoms with Crippen LogP contribution in [-0.4, -0.2) is 6.10 Å². The van der Waals surface area contributed by atoms with E-state index in [2.05, 4.69) is 0 Å². The van der Waals surface area contributed by atoms with E-state index in [-0.39, 0.29) is 12.4 Å². The molecule has 84 valence electrons. The first-order valence-corrected chi connectivity index (χ1v) is 5.34. The maximum absolute atomic E-state index is 5.86. The van der Waals surface area contributed by atoms with Gasteiger partial charge in [0.2, 0.25) is 0 Å². The lowest BCUT2D eigenvalue weighted by Gasteiger charge is -2.13. The number of benzene rings is 1. The summed E-state index contributed by atoms with van der Waals surface area (Å²) in [5.74, 6) is 0.972. The van der Waals surface area contributed by atoms with Crippen molar-refractivity contribution in [3.8, 4) is 5.75 Å². The van der Waals surface area contributed by atoms with Gasteiger partial charge in [-0.25, -0.2) is 0 Å². The summed E-state index contributed by atoms with van der Waals surface area (Å²) in [7, 11) is 0. The van der Waals surface area contributed by atoms with Gasteiger partial charge in [-0.3, -0.25) is 0 Å². The average molecular weight is 228 g/mol. The molecule has 1 aromatic rings. The van der Waals surface area contributed by atoms with Gasteiger partial charge in [0.05, 0.1) is 6.10 Å². The van der Waals surface area contributed by atoms with Gasteiger partial charge in [0.25, 0.3) is 0 Å². The third-order valence-corrected chi connectivity index (χ3v) is 2.74. The largest absolute Gasteiger partial charge is 0.490 e. The summed E-state index contributed by atoms with van der Waals surface area (Å²) in [6.07, 6.45) is 5.45. The van der Waals surface area contributed by atoms with Crippen LogP contribution in [0.25, 0.3) is 0 Å². The van der Waals surface area contributed by atoms with Crippen LogP contribution >= 0.6 is 12.4 Å². The summed E-state index contributed by atoms with van der Waals surface area (Å²) in [5.41, 5.74) is 6.71. The molecule has 0 amide bonds. The molecule has 1 fully saturated rings. The van der Waals surface area contributed by atoms with Gasteiger partial charge in [-0.05, 0) is 43.4 Å². The second-order valence-electron chi connectivity index (χ2n) is 3.88. The number of hydrogen-bond acceptors (Lipinski definition) is 2. The molecule has 0 heterocycles. The fraction of sp³-hybridized carbons (Fsp3) is 0.500. The first-order valence-electron chi connectivity index (χ1n) is 5.34.